The van der Waals surface area contributed by atoms with Crippen molar-refractivity contribution < 1.29 is 32.6 Å². The van der Waals surface area contributed by atoms with Gasteiger partial charge in [-0.05, 0) is 104 Å². The van der Waals surface area contributed by atoms with Crippen molar-refractivity contribution in [3.05, 3.63) is 70.5 Å². The van der Waals surface area contributed by atoms with Crippen LogP contribution in [0.1, 0.15) is 108 Å². The van der Waals surface area contributed by atoms with E-state index in [0.717, 1.165) is 71.8 Å². The van der Waals surface area contributed by atoms with E-state index in [0.29, 0.717) is 42.3 Å². The first-order valence-electron chi connectivity index (χ1n) is 19.9. The zero-order valence-electron chi connectivity index (χ0n) is 32.3. The zero-order chi connectivity index (χ0) is 38.9. The normalized spacial score (nSPS) is 24.4. The predicted molar refractivity (Wildman–Crippen MR) is 212 cm³/mol. The second-order valence-electron chi connectivity index (χ2n) is 16.5. The van der Waals surface area contributed by atoms with E-state index in [4.69, 9.17) is 9.47 Å². The summed E-state index contributed by atoms with van der Waals surface area (Å²) < 4.78 is 45.2. The highest BCUT2D eigenvalue weighted by atomic mass is 32.2. The van der Waals surface area contributed by atoms with Gasteiger partial charge in [0.25, 0.3) is 11.8 Å². The van der Waals surface area contributed by atoms with E-state index in [1.54, 1.807) is 24.1 Å². The van der Waals surface area contributed by atoms with Gasteiger partial charge in [-0.15, -0.1) is 0 Å². The summed E-state index contributed by atoms with van der Waals surface area (Å²) in [6.45, 7) is 3.14. The van der Waals surface area contributed by atoms with Gasteiger partial charge < -0.3 is 24.0 Å². The van der Waals surface area contributed by atoms with Crippen molar-refractivity contribution in [2.24, 2.45) is 7.05 Å². The number of aliphatic hydroxyl groups is 1. The number of aryl methyl sites for hydroxylation is 1. The van der Waals surface area contributed by atoms with Crippen molar-refractivity contribution in [2.75, 3.05) is 33.4 Å². The second-order valence-corrected chi connectivity index (χ2v) is 18.2. The van der Waals surface area contributed by atoms with Crippen LogP contribution in [0.5, 0.6) is 5.75 Å². The molecular weight excluding hydrogens is 733 g/mol. The summed E-state index contributed by atoms with van der Waals surface area (Å²) in [7, 11) is -0.560. The van der Waals surface area contributed by atoms with Crippen LogP contribution in [-0.4, -0.2) is 100.0 Å². The third-order valence-electron chi connectivity index (χ3n) is 12.8. The van der Waals surface area contributed by atoms with Gasteiger partial charge in [-0.3, -0.25) is 14.3 Å². The molecule has 0 radical (unpaired) electrons. The van der Waals surface area contributed by atoms with Crippen molar-refractivity contribution in [3.8, 4) is 17.0 Å². The zero-order valence-corrected chi connectivity index (χ0v) is 33.1. The lowest BCUT2D eigenvalue weighted by molar-refractivity contribution is -0.0300. The Morgan fingerprint density at radius 2 is 1.71 bits per heavy atom. The number of ether oxygens (including phenoxy) is 2. The first kappa shape index (κ1) is 37.1. The largest absolute Gasteiger partial charge is 0.497 e. The Morgan fingerprint density at radius 3 is 2.43 bits per heavy atom. The standard InChI is InChI=1S/C42H50N6O7S/c1-42(51)22-30-10-11-31(23-42)48(30)41(50)35-24-43-45(2)38(35)29-19-28-20-32(54-3)12-14-33(28)39-37(26-7-5-4-6-8-26)34-13-9-27(21-36(34)47(39)25-29)40(49)44-56(52,53)46-15-17-55-18-16-46/h9,12-14,19-21,24,26,30-31,51H,4-8,10-11,15-18,22-23,25H2,1-3H3,(H,44,49)/t30-,31?,42?/m1/s1. The molecule has 56 heavy (non-hydrogen) atoms. The minimum absolute atomic E-state index is 0.0351. The average Bonchev–Trinajstić information content (AvgIpc) is 3.79. The molecule has 0 spiro atoms. The lowest BCUT2D eigenvalue weighted by atomic mass is 9.81. The van der Waals surface area contributed by atoms with E-state index in [1.165, 1.54) is 16.3 Å². The highest BCUT2D eigenvalue weighted by molar-refractivity contribution is 7.87. The molecule has 13 nitrogen and oxygen atoms in total. The Morgan fingerprint density at radius 1 is 0.982 bits per heavy atom. The predicted octanol–water partition coefficient (Wildman–Crippen LogP) is 5.48. The van der Waals surface area contributed by atoms with Crippen LogP contribution < -0.4 is 9.46 Å². The van der Waals surface area contributed by atoms with Crippen LogP contribution in [0.25, 0.3) is 33.8 Å². The van der Waals surface area contributed by atoms with E-state index in [9.17, 15) is 23.1 Å². The summed E-state index contributed by atoms with van der Waals surface area (Å²) in [4.78, 5) is 30.4. The number of amides is 2. The fourth-order valence-corrected chi connectivity index (χ4v) is 11.4. The van der Waals surface area contributed by atoms with E-state index < -0.39 is 21.7 Å². The Kier molecular flexibility index (Phi) is 9.38. The van der Waals surface area contributed by atoms with Gasteiger partial charge in [-0.2, -0.15) is 17.8 Å². The molecule has 3 saturated heterocycles. The number of fused-ring (bicyclic) bond motifs is 7. The van der Waals surface area contributed by atoms with Crippen molar-refractivity contribution >= 4 is 44.6 Å². The molecule has 3 atom stereocenters. The molecule has 9 rings (SSSR count). The summed E-state index contributed by atoms with van der Waals surface area (Å²) in [6.07, 6.45) is 12.2. The number of hydrogen-bond donors (Lipinski definition) is 2. The highest BCUT2D eigenvalue weighted by Gasteiger charge is 2.48. The van der Waals surface area contributed by atoms with Gasteiger partial charge in [0.2, 0.25) is 0 Å². The average molecular weight is 783 g/mol. The molecule has 2 amide bonds. The molecule has 4 aromatic rings. The number of hydrogen-bond acceptors (Lipinski definition) is 8. The third kappa shape index (κ3) is 6.44. The Bertz CT molecular complexity index is 2350. The van der Waals surface area contributed by atoms with Crippen LogP contribution in [0.3, 0.4) is 0 Å². The first-order chi connectivity index (χ1) is 26.9. The number of carbonyl (C=O) groups excluding carboxylic acids is 2. The number of morpholine rings is 1. The molecule has 6 heterocycles. The minimum Gasteiger partial charge on any atom is -0.497 e. The molecule has 1 aliphatic carbocycles. The summed E-state index contributed by atoms with van der Waals surface area (Å²) >= 11 is 0. The van der Waals surface area contributed by atoms with Gasteiger partial charge in [0, 0.05) is 54.3 Å². The maximum Gasteiger partial charge on any atom is 0.304 e. The second kappa shape index (κ2) is 14.2. The number of benzene rings is 2. The summed E-state index contributed by atoms with van der Waals surface area (Å²) in [5.74, 6) is 0.230. The number of nitrogens with one attached hydrogen (secondary N) is 1. The highest BCUT2D eigenvalue weighted by Crippen LogP contribution is 2.48. The lowest BCUT2D eigenvalue weighted by Gasteiger charge is -2.42. The van der Waals surface area contributed by atoms with Crippen LogP contribution >= 0.6 is 0 Å². The van der Waals surface area contributed by atoms with Gasteiger partial charge in [0.1, 0.15) is 5.75 Å². The first-order valence-corrected chi connectivity index (χ1v) is 21.4. The fourth-order valence-electron chi connectivity index (χ4n) is 10.3. The third-order valence-corrected chi connectivity index (χ3v) is 14.2. The van der Waals surface area contributed by atoms with Gasteiger partial charge in [0.15, 0.2) is 0 Å². The molecule has 2 unspecified atom stereocenters. The van der Waals surface area contributed by atoms with Gasteiger partial charge in [-0.1, -0.05) is 25.3 Å². The number of rotatable bonds is 7. The topological polar surface area (TPSA) is 148 Å². The monoisotopic (exact) mass is 782 g/mol. The molecule has 2 aromatic carbocycles. The molecule has 5 aliphatic rings. The van der Waals surface area contributed by atoms with Crippen LogP contribution in [0.2, 0.25) is 0 Å². The molecule has 4 aliphatic heterocycles. The fraction of sp³-hybridized carbons (Fsp3) is 0.500. The molecular formula is C42H50N6O7S. The number of carbonyl (C=O) groups is 2. The van der Waals surface area contributed by atoms with Crippen molar-refractivity contribution in [1.82, 2.24) is 28.3 Å². The summed E-state index contributed by atoms with van der Waals surface area (Å²) in [6, 6.07) is 11.6. The Balaban J connectivity index is 1.19. The van der Waals surface area contributed by atoms with Crippen molar-refractivity contribution in [2.45, 2.75) is 94.9 Å². The van der Waals surface area contributed by atoms with Gasteiger partial charge in [0.05, 0.1) is 55.6 Å². The summed E-state index contributed by atoms with van der Waals surface area (Å²) in [5, 5.41) is 16.6. The van der Waals surface area contributed by atoms with Crippen LogP contribution in [0.4, 0.5) is 0 Å². The van der Waals surface area contributed by atoms with Gasteiger partial charge >= 0.3 is 10.2 Å². The Labute approximate surface area is 327 Å². The molecule has 296 valence electrons. The quantitative estimate of drug-likeness (QED) is 0.251. The maximum atomic E-state index is 14.6. The minimum atomic E-state index is -4.07. The van der Waals surface area contributed by atoms with Crippen LogP contribution in [0.15, 0.2) is 42.6 Å². The van der Waals surface area contributed by atoms with Gasteiger partial charge in [-0.25, -0.2) is 4.72 Å². The molecule has 1 saturated carbocycles. The van der Waals surface area contributed by atoms with E-state index >= 15 is 0 Å². The smallest absolute Gasteiger partial charge is 0.304 e. The number of allylic oxidation sites excluding steroid dienone is 1. The van der Waals surface area contributed by atoms with Crippen molar-refractivity contribution in [1.29, 1.82) is 0 Å². The van der Waals surface area contributed by atoms with E-state index in [2.05, 4.69) is 26.5 Å². The van der Waals surface area contributed by atoms with Crippen LogP contribution in [-0.2, 0) is 28.5 Å². The summed E-state index contributed by atoms with van der Waals surface area (Å²) in [5.41, 5.74) is 6.60. The number of piperidine rings is 1. The molecule has 14 heteroatoms. The maximum absolute atomic E-state index is 14.6. The SMILES string of the molecule is COc1ccc2c(c1)C=C(c1c(C(=O)N3C4CC[C@@H]3CC(C)(O)C4)cnn1C)Cn1c-2c(C2CCCCC2)c2ccc(C(=O)NS(=O)(=O)N3CCOCC3)cc21. The number of nitrogens with zero attached hydrogens (tertiary/aromatic N) is 5. The lowest BCUT2D eigenvalue weighted by Crippen LogP contribution is -2.52. The van der Waals surface area contributed by atoms with E-state index in [1.807, 2.05) is 43.1 Å². The van der Waals surface area contributed by atoms with E-state index in [-0.39, 0.29) is 49.9 Å². The number of methoxy groups -OCH3 is 1. The molecule has 4 fully saturated rings. The van der Waals surface area contributed by atoms with Crippen molar-refractivity contribution in [3.63, 3.8) is 0 Å². The molecule has 2 N–H and O–H groups in total. The number of aromatic nitrogens is 3. The molecule has 2 aromatic heterocycles. The Hall–Kier alpha value is -4.50. The molecule has 2 bridgehead atoms. The van der Waals surface area contributed by atoms with Crippen LogP contribution in [0, 0.1) is 0 Å².